The van der Waals surface area contributed by atoms with E-state index in [4.69, 9.17) is 22.2 Å². The second-order valence-corrected chi connectivity index (χ2v) is 4.93. The lowest BCUT2D eigenvalue weighted by Gasteiger charge is -2.11. The Balaban J connectivity index is 2.13. The molecule has 0 saturated carbocycles. The molecule has 4 N–H and O–H groups in total. The summed E-state index contributed by atoms with van der Waals surface area (Å²) >= 11 is 6.10. The summed E-state index contributed by atoms with van der Waals surface area (Å²) in [6, 6.07) is 7.74. The molecule has 1 aromatic carbocycles. The first kappa shape index (κ1) is 15.3. The van der Waals surface area contributed by atoms with E-state index in [1.54, 1.807) is 0 Å². The maximum Gasteiger partial charge on any atom is 0.323 e. The average Bonchev–Trinajstić information content (AvgIpc) is 2.45. The molecular weight excluding hydrogens is 292 g/mol. The van der Waals surface area contributed by atoms with Gasteiger partial charge >= 0.3 is 6.01 Å². The first-order chi connectivity index (χ1) is 10.1. The largest absolute Gasteiger partial charge is 0.461 e. The van der Waals surface area contributed by atoms with Crippen LogP contribution in [0.5, 0.6) is 6.01 Å². The summed E-state index contributed by atoms with van der Waals surface area (Å²) in [6.07, 6.45) is -0.0468. The lowest BCUT2D eigenvalue weighted by Crippen LogP contribution is -2.16. The number of nitrogens with one attached hydrogen (secondary N) is 2. The van der Waals surface area contributed by atoms with Crippen molar-refractivity contribution in [1.82, 2.24) is 15.0 Å². The quantitative estimate of drug-likeness (QED) is 0.556. The van der Waals surface area contributed by atoms with Crippen LogP contribution in [0, 0.1) is 0 Å². The molecule has 2 rings (SSSR count). The fourth-order valence-electron chi connectivity index (χ4n) is 1.58. The predicted octanol–water partition coefficient (Wildman–Crippen LogP) is 2.21. The van der Waals surface area contributed by atoms with Crippen molar-refractivity contribution >= 4 is 23.5 Å². The Morgan fingerprint density at radius 1 is 1.19 bits per heavy atom. The van der Waals surface area contributed by atoms with Crippen LogP contribution >= 0.6 is 11.6 Å². The van der Waals surface area contributed by atoms with Crippen LogP contribution in [0.2, 0.25) is 5.02 Å². The van der Waals surface area contributed by atoms with Crippen LogP contribution in [-0.2, 0) is 6.54 Å². The van der Waals surface area contributed by atoms with Crippen LogP contribution in [0.4, 0.5) is 11.9 Å². The summed E-state index contributed by atoms with van der Waals surface area (Å²) in [6.45, 7) is 4.25. The van der Waals surface area contributed by atoms with E-state index in [9.17, 15) is 0 Å². The fraction of sp³-hybridized carbons (Fsp3) is 0.308. The summed E-state index contributed by atoms with van der Waals surface area (Å²) in [5, 5.41) is 3.74. The van der Waals surface area contributed by atoms with Crippen molar-refractivity contribution in [1.29, 1.82) is 0 Å². The third-order valence-corrected chi connectivity index (χ3v) is 2.85. The van der Waals surface area contributed by atoms with Crippen molar-refractivity contribution in [2.75, 3.05) is 10.7 Å². The van der Waals surface area contributed by atoms with Crippen LogP contribution in [-0.4, -0.2) is 21.1 Å². The van der Waals surface area contributed by atoms with Gasteiger partial charge in [-0.2, -0.15) is 15.0 Å². The van der Waals surface area contributed by atoms with Gasteiger partial charge in [0, 0.05) is 11.6 Å². The van der Waals surface area contributed by atoms with Gasteiger partial charge < -0.3 is 10.1 Å². The molecule has 0 aliphatic carbocycles. The molecule has 1 aromatic heterocycles. The van der Waals surface area contributed by atoms with E-state index in [0.717, 1.165) is 5.56 Å². The van der Waals surface area contributed by atoms with Gasteiger partial charge in [-0.05, 0) is 25.5 Å². The van der Waals surface area contributed by atoms with Gasteiger partial charge in [-0.15, -0.1) is 0 Å². The van der Waals surface area contributed by atoms with Crippen molar-refractivity contribution in [3.8, 4) is 6.01 Å². The van der Waals surface area contributed by atoms with Crippen LogP contribution in [0.15, 0.2) is 24.3 Å². The summed E-state index contributed by atoms with van der Waals surface area (Å²) in [7, 11) is 0. The van der Waals surface area contributed by atoms with Gasteiger partial charge in [0.2, 0.25) is 11.9 Å². The van der Waals surface area contributed by atoms with Crippen LogP contribution in [0.3, 0.4) is 0 Å². The van der Waals surface area contributed by atoms with Crippen molar-refractivity contribution < 1.29 is 4.74 Å². The Morgan fingerprint density at radius 2 is 1.90 bits per heavy atom. The van der Waals surface area contributed by atoms with Gasteiger partial charge in [0.05, 0.1) is 6.10 Å². The topological polar surface area (TPSA) is 98.0 Å². The molecule has 0 saturated heterocycles. The van der Waals surface area contributed by atoms with E-state index < -0.39 is 0 Å². The molecule has 21 heavy (non-hydrogen) atoms. The molecule has 7 nitrogen and oxygen atoms in total. The number of ether oxygens (including phenoxy) is 1. The van der Waals surface area contributed by atoms with Crippen molar-refractivity contribution in [3.05, 3.63) is 34.9 Å². The van der Waals surface area contributed by atoms with E-state index in [2.05, 4.69) is 25.7 Å². The number of rotatable bonds is 6. The Labute approximate surface area is 127 Å². The molecule has 1 heterocycles. The number of hydrogen-bond acceptors (Lipinski definition) is 7. The molecule has 0 bridgehead atoms. The normalized spacial score (nSPS) is 10.5. The SMILES string of the molecule is CC(C)Oc1nc(NN)nc(NCc2ccccc2Cl)n1. The highest BCUT2D eigenvalue weighted by Crippen LogP contribution is 2.17. The van der Waals surface area contributed by atoms with Crippen LogP contribution in [0.1, 0.15) is 19.4 Å². The minimum Gasteiger partial charge on any atom is -0.461 e. The number of halogens is 1. The molecule has 0 fully saturated rings. The van der Waals surface area contributed by atoms with Crippen molar-refractivity contribution in [3.63, 3.8) is 0 Å². The number of anilines is 2. The Bertz CT molecular complexity index is 607. The van der Waals surface area contributed by atoms with E-state index in [1.165, 1.54) is 0 Å². The summed E-state index contributed by atoms with van der Waals surface area (Å²) in [4.78, 5) is 12.3. The molecule has 0 amide bonds. The predicted molar refractivity (Wildman–Crippen MR) is 82.2 cm³/mol. The maximum atomic E-state index is 6.10. The number of hydrogen-bond donors (Lipinski definition) is 3. The number of nitrogen functional groups attached to an aromatic ring is 1. The lowest BCUT2D eigenvalue weighted by atomic mass is 10.2. The Kier molecular flexibility index (Phi) is 5.13. The summed E-state index contributed by atoms with van der Waals surface area (Å²) in [5.41, 5.74) is 3.32. The minimum absolute atomic E-state index is 0.0468. The van der Waals surface area contributed by atoms with E-state index in [0.29, 0.717) is 17.5 Å². The average molecular weight is 309 g/mol. The smallest absolute Gasteiger partial charge is 0.323 e. The second-order valence-electron chi connectivity index (χ2n) is 4.52. The molecule has 8 heteroatoms. The van der Waals surface area contributed by atoms with E-state index in [-0.39, 0.29) is 18.1 Å². The Hall–Kier alpha value is -2.12. The third kappa shape index (κ3) is 4.44. The van der Waals surface area contributed by atoms with Gasteiger partial charge in [-0.3, -0.25) is 5.43 Å². The molecule has 0 spiro atoms. The monoisotopic (exact) mass is 308 g/mol. The number of nitrogens with two attached hydrogens (primary N) is 1. The molecule has 0 aliphatic heterocycles. The molecular formula is C13H17ClN6O. The van der Waals surface area contributed by atoms with Gasteiger partial charge in [0.15, 0.2) is 0 Å². The molecule has 0 aliphatic rings. The standard InChI is InChI=1S/C13H17ClN6O/c1-8(2)21-13-18-11(17-12(19-13)20-15)16-7-9-5-3-4-6-10(9)14/h3-6,8H,7,15H2,1-2H3,(H2,16,17,18,19,20). The number of benzene rings is 1. The zero-order valence-corrected chi connectivity index (χ0v) is 12.6. The van der Waals surface area contributed by atoms with Crippen molar-refractivity contribution in [2.45, 2.75) is 26.5 Å². The fourth-order valence-corrected chi connectivity index (χ4v) is 1.78. The lowest BCUT2D eigenvalue weighted by molar-refractivity contribution is 0.222. The highest BCUT2D eigenvalue weighted by molar-refractivity contribution is 6.31. The molecule has 0 unspecified atom stereocenters. The molecule has 0 radical (unpaired) electrons. The van der Waals surface area contributed by atoms with Crippen LogP contribution in [0.25, 0.3) is 0 Å². The molecule has 0 atom stereocenters. The number of nitrogens with zero attached hydrogens (tertiary/aromatic N) is 3. The maximum absolute atomic E-state index is 6.10. The third-order valence-electron chi connectivity index (χ3n) is 2.48. The van der Waals surface area contributed by atoms with E-state index >= 15 is 0 Å². The zero-order valence-electron chi connectivity index (χ0n) is 11.8. The molecule has 112 valence electrons. The van der Waals surface area contributed by atoms with Gasteiger partial charge in [0.25, 0.3) is 0 Å². The van der Waals surface area contributed by atoms with Crippen LogP contribution < -0.4 is 21.3 Å². The molecule has 2 aromatic rings. The van der Waals surface area contributed by atoms with Gasteiger partial charge in [-0.25, -0.2) is 5.84 Å². The number of hydrazine groups is 1. The van der Waals surface area contributed by atoms with Gasteiger partial charge in [0.1, 0.15) is 0 Å². The zero-order chi connectivity index (χ0) is 15.2. The summed E-state index contributed by atoms with van der Waals surface area (Å²) < 4.78 is 5.45. The van der Waals surface area contributed by atoms with Gasteiger partial charge in [-0.1, -0.05) is 29.8 Å². The highest BCUT2D eigenvalue weighted by atomic mass is 35.5. The van der Waals surface area contributed by atoms with Crippen molar-refractivity contribution in [2.24, 2.45) is 5.84 Å². The second kappa shape index (κ2) is 7.05. The van der Waals surface area contributed by atoms with E-state index in [1.807, 2.05) is 38.1 Å². The number of aromatic nitrogens is 3. The Morgan fingerprint density at radius 3 is 2.57 bits per heavy atom. The highest BCUT2D eigenvalue weighted by Gasteiger charge is 2.09. The first-order valence-corrected chi connectivity index (χ1v) is 6.83. The first-order valence-electron chi connectivity index (χ1n) is 6.45. The minimum atomic E-state index is -0.0468. The summed E-state index contributed by atoms with van der Waals surface area (Å²) in [5.74, 6) is 5.92.